The predicted molar refractivity (Wildman–Crippen MR) is 167 cm³/mol. The lowest BCUT2D eigenvalue weighted by atomic mass is 9.86. The Hall–Kier alpha value is -3.88. The van der Waals surface area contributed by atoms with Crippen LogP contribution < -0.4 is 4.72 Å². The van der Waals surface area contributed by atoms with E-state index in [1.807, 2.05) is 47.9 Å². The van der Waals surface area contributed by atoms with E-state index in [2.05, 4.69) is 20.0 Å². The summed E-state index contributed by atoms with van der Waals surface area (Å²) in [6.07, 6.45) is 6.77. The van der Waals surface area contributed by atoms with E-state index in [-0.39, 0.29) is 22.7 Å². The summed E-state index contributed by atoms with van der Waals surface area (Å²) in [5, 5.41) is 8.24. The van der Waals surface area contributed by atoms with Crippen molar-refractivity contribution in [1.29, 1.82) is 0 Å². The van der Waals surface area contributed by atoms with Crippen LogP contribution in [-0.4, -0.2) is 71.1 Å². The molecule has 44 heavy (non-hydrogen) atoms. The fourth-order valence-electron chi connectivity index (χ4n) is 6.43. The minimum atomic E-state index is -3.81. The number of aryl methyl sites for hydroxylation is 2. The van der Waals surface area contributed by atoms with Crippen molar-refractivity contribution in [3.8, 4) is 11.3 Å². The monoisotopic (exact) mass is 635 g/mol. The molecule has 0 bridgehead atoms. The van der Waals surface area contributed by atoms with Crippen molar-refractivity contribution in [2.45, 2.75) is 48.8 Å². The molecule has 1 saturated heterocycles. The topological polar surface area (TPSA) is 151 Å². The molecular weight excluding hydrogens is 603 g/mol. The van der Waals surface area contributed by atoms with Crippen LogP contribution in [0.4, 0.5) is 5.82 Å². The molecule has 2 aliphatic rings. The highest BCUT2D eigenvalue weighted by molar-refractivity contribution is 7.93. The molecule has 1 saturated carbocycles. The molecule has 12 nitrogen and oxygen atoms in total. The molecule has 0 amide bonds. The van der Waals surface area contributed by atoms with E-state index in [1.54, 1.807) is 17.9 Å². The van der Waals surface area contributed by atoms with E-state index in [4.69, 9.17) is 9.72 Å². The van der Waals surface area contributed by atoms with E-state index >= 15 is 0 Å². The summed E-state index contributed by atoms with van der Waals surface area (Å²) in [7, 11) is -5.73. The maximum atomic E-state index is 13.4. The zero-order chi connectivity index (χ0) is 30.8. The van der Waals surface area contributed by atoms with Crippen molar-refractivity contribution in [1.82, 2.24) is 29.5 Å². The molecule has 1 aliphatic carbocycles. The van der Waals surface area contributed by atoms with Gasteiger partial charge in [-0.3, -0.25) is 9.71 Å². The smallest absolute Gasteiger partial charge is 0.236 e. The van der Waals surface area contributed by atoms with Gasteiger partial charge >= 0.3 is 0 Å². The minimum absolute atomic E-state index is 0.00721. The highest BCUT2D eigenvalue weighted by Crippen LogP contribution is 2.45. The molecule has 2 fully saturated rings. The van der Waals surface area contributed by atoms with Crippen molar-refractivity contribution in [3.63, 3.8) is 0 Å². The standard InChI is InChI=1S/C30H33N7O5S2/c1-18-27(36(2)35-33-18)21-15-23-26(31-16-21)25-29(24(43(3,38)39)17-32-30(25)34-44(40,41)22-9-10-22)37(23)28(19-7-5-4-6-8-19)20-11-13-42-14-12-20/h4-8,15-17,20,22,28H,9-14H2,1-3H3,(H,32,34)/t28-/m1/s1. The van der Waals surface area contributed by atoms with Gasteiger partial charge in [-0.1, -0.05) is 35.5 Å². The lowest BCUT2D eigenvalue weighted by Crippen LogP contribution is -2.27. The van der Waals surface area contributed by atoms with Crippen LogP contribution in [0.5, 0.6) is 0 Å². The number of sulfonamides is 1. The Balaban J connectivity index is 1.63. The van der Waals surface area contributed by atoms with Gasteiger partial charge in [-0.15, -0.1) is 5.10 Å². The molecule has 5 heterocycles. The van der Waals surface area contributed by atoms with E-state index in [0.717, 1.165) is 41.6 Å². The predicted octanol–water partition coefficient (Wildman–Crippen LogP) is 4.01. The third-order valence-corrected chi connectivity index (χ3v) is 11.5. The van der Waals surface area contributed by atoms with Crippen molar-refractivity contribution in [3.05, 3.63) is 60.0 Å². The number of fused-ring (bicyclic) bond motifs is 3. The second-order valence-corrected chi connectivity index (χ2v) is 15.7. The quantitative estimate of drug-likeness (QED) is 0.267. The number of anilines is 1. The summed E-state index contributed by atoms with van der Waals surface area (Å²) < 4.78 is 65.4. The van der Waals surface area contributed by atoms with E-state index in [9.17, 15) is 16.8 Å². The van der Waals surface area contributed by atoms with Gasteiger partial charge in [0.2, 0.25) is 10.0 Å². The molecule has 230 valence electrons. The Bertz CT molecular complexity index is 2100. The van der Waals surface area contributed by atoms with Gasteiger partial charge in [-0.25, -0.2) is 26.5 Å². The Morgan fingerprint density at radius 3 is 2.36 bits per heavy atom. The number of benzene rings is 1. The molecule has 1 atom stereocenters. The van der Waals surface area contributed by atoms with E-state index in [0.29, 0.717) is 48.0 Å². The Morgan fingerprint density at radius 2 is 1.73 bits per heavy atom. The summed E-state index contributed by atoms with van der Waals surface area (Å²) in [5.74, 6) is 0.168. The molecule has 0 radical (unpaired) electrons. The molecule has 14 heteroatoms. The third-order valence-electron chi connectivity index (χ3n) is 8.62. The van der Waals surface area contributed by atoms with Crippen LogP contribution in [-0.2, 0) is 31.6 Å². The first-order valence-corrected chi connectivity index (χ1v) is 18.0. The van der Waals surface area contributed by atoms with Crippen LogP contribution in [0, 0.1) is 12.8 Å². The van der Waals surface area contributed by atoms with E-state index in [1.165, 1.54) is 6.20 Å². The molecule has 7 rings (SSSR count). The lowest BCUT2D eigenvalue weighted by Gasteiger charge is -2.33. The second kappa shape index (κ2) is 10.6. The molecule has 1 aliphatic heterocycles. The van der Waals surface area contributed by atoms with Crippen LogP contribution in [0.15, 0.2) is 53.7 Å². The van der Waals surface area contributed by atoms with Crippen LogP contribution in [0.25, 0.3) is 33.2 Å². The number of aromatic nitrogens is 6. The van der Waals surface area contributed by atoms with Crippen LogP contribution in [0.1, 0.15) is 43.0 Å². The average Bonchev–Trinajstić information content (AvgIpc) is 3.75. The fourth-order valence-corrected chi connectivity index (χ4v) is 8.57. The van der Waals surface area contributed by atoms with E-state index < -0.39 is 25.1 Å². The number of hydrogen-bond donors (Lipinski definition) is 1. The highest BCUT2D eigenvalue weighted by Gasteiger charge is 2.38. The van der Waals surface area contributed by atoms with Crippen LogP contribution in [0.3, 0.4) is 0 Å². The SMILES string of the molecule is Cc1nnn(C)c1-c1cnc2c3c(NS(=O)(=O)C4CC4)ncc(S(C)(=O)=O)c3n([C@H](c3ccccc3)C3CCOCC3)c2c1. The summed E-state index contributed by atoms with van der Waals surface area (Å²) >= 11 is 0. The largest absolute Gasteiger partial charge is 0.381 e. The maximum absolute atomic E-state index is 13.4. The van der Waals surface area contributed by atoms with Crippen molar-refractivity contribution in [2.24, 2.45) is 13.0 Å². The van der Waals surface area contributed by atoms with Gasteiger partial charge in [-0.05, 0) is 50.2 Å². The summed E-state index contributed by atoms with van der Waals surface area (Å²) in [6, 6.07) is 11.6. The summed E-state index contributed by atoms with van der Waals surface area (Å²) in [4.78, 5) is 9.30. The maximum Gasteiger partial charge on any atom is 0.236 e. The Morgan fingerprint density at radius 1 is 1.00 bits per heavy atom. The van der Waals surface area contributed by atoms with Crippen LogP contribution >= 0.6 is 0 Å². The number of nitrogens with one attached hydrogen (secondary N) is 1. The first-order chi connectivity index (χ1) is 21.0. The van der Waals surface area contributed by atoms with Crippen molar-refractivity contribution in [2.75, 3.05) is 24.2 Å². The lowest BCUT2D eigenvalue weighted by molar-refractivity contribution is 0.0552. The first kappa shape index (κ1) is 28.9. The first-order valence-electron chi connectivity index (χ1n) is 14.6. The number of pyridine rings is 2. The molecule has 0 spiro atoms. The molecule has 1 N–H and O–H groups in total. The number of rotatable bonds is 8. The van der Waals surface area contributed by atoms with Gasteiger partial charge in [-0.2, -0.15) is 0 Å². The Labute approximate surface area is 255 Å². The fraction of sp³-hybridized carbons (Fsp3) is 0.400. The minimum Gasteiger partial charge on any atom is -0.381 e. The summed E-state index contributed by atoms with van der Waals surface area (Å²) in [6.45, 7) is 3.04. The van der Waals surface area contributed by atoms with Crippen molar-refractivity contribution >= 4 is 47.6 Å². The average molecular weight is 636 g/mol. The van der Waals surface area contributed by atoms with Gasteiger partial charge < -0.3 is 9.30 Å². The number of sulfone groups is 1. The van der Waals surface area contributed by atoms with Crippen LogP contribution in [0.2, 0.25) is 0 Å². The van der Waals surface area contributed by atoms with Crippen molar-refractivity contribution < 1.29 is 21.6 Å². The number of hydrogen-bond acceptors (Lipinski definition) is 9. The van der Waals surface area contributed by atoms with Gasteiger partial charge in [0.05, 0.1) is 50.8 Å². The molecule has 1 aromatic carbocycles. The zero-order valence-corrected chi connectivity index (χ0v) is 26.3. The third kappa shape index (κ3) is 4.94. The Kier molecular flexibility index (Phi) is 6.98. The van der Waals surface area contributed by atoms with Gasteiger partial charge in [0, 0.05) is 38.3 Å². The molecule has 5 aromatic rings. The zero-order valence-electron chi connectivity index (χ0n) is 24.6. The second-order valence-electron chi connectivity index (χ2n) is 11.7. The molecular formula is C30H33N7O5S2. The highest BCUT2D eigenvalue weighted by atomic mass is 32.2. The number of nitrogens with zero attached hydrogens (tertiary/aromatic N) is 6. The van der Waals surface area contributed by atoms with Gasteiger partial charge in [0.25, 0.3) is 0 Å². The molecule has 4 aromatic heterocycles. The summed E-state index contributed by atoms with van der Waals surface area (Å²) in [5.41, 5.74) is 4.72. The van der Waals surface area contributed by atoms with Gasteiger partial charge in [0.1, 0.15) is 4.90 Å². The van der Waals surface area contributed by atoms with Gasteiger partial charge in [0.15, 0.2) is 15.7 Å². The molecule has 0 unspecified atom stereocenters. The normalized spacial score (nSPS) is 17.3. The number of ether oxygens (including phenoxy) is 1.